The van der Waals surface area contributed by atoms with Crippen molar-refractivity contribution in [2.45, 2.75) is 13.5 Å². The van der Waals surface area contributed by atoms with Crippen LogP contribution in [0.4, 0.5) is 5.69 Å². The molecule has 2 aromatic rings. The lowest BCUT2D eigenvalue weighted by molar-refractivity contribution is -0.141. The summed E-state index contributed by atoms with van der Waals surface area (Å²) in [6, 6.07) is 16.0. The number of methoxy groups -OCH3 is 1. The number of hydrogen-bond donors (Lipinski definition) is 0. The summed E-state index contributed by atoms with van der Waals surface area (Å²) in [4.78, 5) is 29.0. The van der Waals surface area contributed by atoms with Gasteiger partial charge in [0.05, 0.1) is 20.3 Å². The highest BCUT2D eigenvalue weighted by molar-refractivity contribution is 6.64. The van der Waals surface area contributed by atoms with E-state index in [4.69, 9.17) is 15.0 Å². The number of rotatable bonds is 7. The molecule has 0 aromatic heterocycles. The smallest absolute Gasteiger partial charge is 0.463 e. The van der Waals surface area contributed by atoms with E-state index in [0.29, 0.717) is 11.4 Å². The van der Waals surface area contributed by atoms with Gasteiger partial charge in [0, 0.05) is 5.69 Å². The van der Waals surface area contributed by atoms with Crippen LogP contribution in [0, 0.1) is 0 Å². The van der Waals surface area contributed by atoms with Gasteiger partial charge in [-0.3, -0.25) is 9.69 Å². The zero-order valence-electron chi connectivity index (χ0n) is 14.6. The van der Waals surface area contributed by atoms with E-state index >= 15 is 0 Å². The second kappa shape index (κ2) is 9.15. The molecule has 26 heavy (non-hydrogen) atoms. The Morgan fingerprint density at radius 3 is 2.27 bits per heavy atom. The summed E-state index contributed by atoms with van der Waals surface area (Å²) in [5, 5.41) is 0. The van der Waals surface area contributed by atoms with Crippen LogP contribution in [-0.2, 0) is 20.9 Å². The van der Waals surface area contributed by atoms with Gasteiger partial charge in [-0.2, -0.15) is 4.79 Å². The largest absolute Gasteiger partial charge is 0.497 e. The fraction of sp³-hybridized carbons (Fsp3) is 0.211. The van der Waals surface area contributed by atoms with Crippen molar-refractivity contribution in [3.63, 3.8) is 0 Å². The fourth-order valence-corrected chi connectivity index (χ4v) is 2.31. The first kappa shape index (κ1) is 18.9. The number of carbonyl (C=O) groups excluding carboxylic acids is 2. The third kappa shape index (κ3) is 4.55. The highest BCUT2D eigenvalue weighted by Gasteiger charge is 2.36. The number of benzene rings is 2. The monoisotopic (exact) mass is 353 g/mol. The van der Waals surface area contributed by atoms with Crippen molar-refractivity contribution in [2.24, 2.45) is 0 Å². The number of hydrogen-bond acceptors (Lipinski definition) is 4. The van der Waals surface area contributed by atoms with Crippen LogP contribution in [0.2, 0.25) is 0 Å². The molecule has 0 radical (unpaired) electrons. The molecule has 0 fully saturated rings. The summed E-state index contributed by atoms with van der Waals surface area (Å²) in [6.45, 7) is 1.85. The van der Waals surface area contributed by atoms with E-state index in [2.05, 4.69) is 4.79 Å². The SMILES string of the molecule is CCOC(=O)C(=[N+]=[N-])C(=O)N(Cc1ccccc1)c1ccc(OC)cc1. The minimum atomic E-state index is -0.980. The van der Waals surface area contributed by atoms with Crippen molar-refractivity contribution in [1.82, 2.24) is 0 Å². The highest BCUT2D eigenvalue weighted by atomic mass is 16.5. The Morgan fingerprint density at radius 2 is 1.73 bits per heavy atom. The Bertz CT molecular complexity index is 812. The lowest BCUT2D eigenvalue weighted by atomic mass is 10.1. The molecule has 0 heterocycles. The lowest BCUT2D eigenvalue weighted by Crippen LogP contribution is -2.41. The van der Waals surface area contributed by atoms with E-state index in [-0.39, 0.29) is 13.2 Å². The minimum absolute atomic E-state index is 0.0619. The van der Waals surface area contributed by atoms with Gasteiger partial charge in [-0.15, -0.1) is 0 Å². The summed E-state index contributed by atoms with van der Waals surface area (Å²) >= 11 is 0. The quantitative estimate of drug-likeness (QED) is 0.251. The third-order valence-corrected chi connectivity index (χ3v) is 3.58. The van der Waals surface area contributed by atoms with Gasteiger partial charge in [-0.25, -0.2) is 4.79 Å². The molecule has 0 saturated carbocycles. The molecular weight excluding hydrogens is 334 g/mol. The lowest BCUT2D eigenvalue weighted by Gasteiger charge is -2.21. The van der Waals surface area contributed by atoms with Gasteiger partial charge < -0.3 is 15.0 Å². The van der Waals surface area contributed by atoms with Gasteiger partial charge in [0.1, 0.15) is 5.75 Å². The van der Waals surface area contributed by atoms with Crippen molar-refractivity contribution < 1.29 is 23.9 Å². The predicted molar refractivity (Wildman–Crippen MR) is 95.9 cm³/mol. The van der Waals surface area contributed by atoms with Crippen LogP contribution in [0.5, 0.6) is 5.75 Å². The zero-order valence-corrected chi connectivity index (χ0v) is 14.6. The van der Waals surface area contributed by atoms with Crippen LogP contribution in [0.3, 0.4) is 0 Å². The van der Waals surface area contributed by atoms with E-state index in [1.807, 2.05) is 30.3 Å². The molecule has 0 bridgehead atoms. The molecule has 134 valence electrons. The van der Waals surface area contributed by atoms with E-state index < -0.39 is 17.6 Å². The van der Waals surface area contributed by atoms with Crippen LogP contribution in [-0.4, -0.2) is 36.1 Å². The number of esters is 1. The summed E-state index contributed by atoms with van der Waals surface area (Å²) < 4.78 is 9.92. The van der Waals surface area contributed by atoms with Crippen molar-refractivity contribution in [3.8, 4) is 5.75 Å². The highest BCUT2D eigenvalue weighted by Crippen LogP contribution is 2.21. The molecule has 0 aliphatic rings. The molecule has 7 heteroatoms. The van der Waals surface area contributed by atoms with Crippen LogP contribution < -0.4 is 9.64 Å². The average Bonchev–Trinajstić information content (AvgIpc) is 2.68. The molecule has 2 rings (SSSR count). The molecule has 0 aliphatic heterocycles. The zero-order chi connectivity index (χ0) is 18.9. The second-order valence-corrected chi connectivity index (χ2v) is 5.24. The predicted octanol–water partition coefficient (Wildman–Crippen LogP) is 2.46. The first-order chi connectivity index (χ1) is 12.6. The molecule has 2 aromatic carbocycles. The Labute approximate surface area is 151 Å². The van der Waals surface area contributed by atoms with Gasteiger partial charge in [0.25, 0.3) is 0 Å². The number of anilines is 1. The van der Waals surface area contributed by atoms with Crippen LogP contribution >= 0.6 is 0 Å². The minimum Gasteiger partial charge on any atom is -0.497 e. The third-order valence-electron chi connectivity index (χ3n) is 3.58. The normalized spacial score (nSPS) is 9.77. The summed E-state index contributed by atoms with van der Waals surface area (Å²) in [5.41, 5.74) is 9.84. The van der Waals surface area contributed by atoms with Crippen molar-refractivity contribution in [2.75, 3.05) is 18.6 Å². The first-order valence-electron chi connectivity index (χ1n) is 7.99. The summed E-state index contributed by atoms with van der Waals surface area (Å²) in [7, 11) is 1.54. The summed E-state index contributed by atoms with van der Waals surface area (Å²) in [5.74, 6) is -1.12. The molecule has 0 saturated heterocycles. The molecule has 1 amide bonds. The standard InChI is InChI=1S/C19H19N3O4/c1-3-26-19(24)17(21-20)18(23)22(13-14-7-5-4-6-8-14)15-9-11-16(25-2)12-10-15/h4-12H,3,13H2,1-2H3. The molecule has 0 aliphatic carbocycles. The molecular formula is C19H19N3O4. The number of nitrogens with zero attached hydrogens (tertiary/aromatic N) is 3. The second-order valence-electron chi connectivity index (χ2n) is 5.24. The number of ether oxygens (including phenoxy) is 2. The van der Waals surface area contributed by atoms with Crippen LogP contribution in [0.25, 0.3) is 5.53 Å². The number of amides is 1. The first-order valence-corrected chi connectivity index (χ1v) is 7.99. The van der Waals surface area contributed by atoms with Crippen molar-refractivity contribution >= 4 is 23.3 Å². The molecule has 7 nitrogen and oxygen atoms in total. The van der Waals surface area contributed by atoms with Crippen molar-refractivity contribution in [1.29, 1.82) is 0 Å². The van der Waals surface area contributed by atoms with E-state index in [0.717, 1.165) is 5.56 Å². The van der Waals surface area contributed by atoms with Gasteiger partial charge in [-0.1, -0.05) is 30.3 Å². The molecule has 0 N–H and O–H groups in total. The Balaban J connectivity index is 2.39. The average molecular weight is 353 g/mol. The number of carbonyl (C=O) groups is 2. The van der Waals surface area contributed by atoms with E-state index in [1.165, 1.54) is 4.90 Å². The van der Waals surface area contributed by atoms with Gasteiger partial charge in [-0.05, 0) is 36.8 Å². The Hall–Kier alpha value is -3.44. The maximum Gasteiger partial charge on any atom is 0.463 e. The van der Waals surface area contributed by atoms with E-state index in [1.54, 1.807) is 38.3 Å². The van der Waals surface area contributed by atoms with Crippen LogP contribution in [0.15, 0.2) is 54.6 Å². The van der Waals surface area contributed by atoms with E-state index in [9.17, 15) is 9.59 Å². The van der Waals surface area contributed by atoms with Gasteiger partial charge >= 0.3 is 17.6 Å². The molecule has 0 spiro atoms. The topological polar surface area (TPSA) is 92.2 Å². The Kier molecular flexibility index (Phi) is 6.65. The maximum atomic E-state index is 12.9. The van der Waals surface area contributed by atoms with Gasteiger partial charge in [0.15, 0.2) is 0 Å². The van der Waals surface area contributed by atoms with Gasteiger partial charge in [0.2, 0.25) is 0 Å². The van der Waals surface area contributed by atoms with Crippen molar-refractivity contribution in [3.05, 3.63) is 65.7 Å². The molecule has 0 unspecified atom stereocenters. The van der Waals surface area contributed by atoms with Crippen LogP contribution in [0.1, 0.15) is 12.5 Å². The maximum absolute atomic E-state index is 12.9. The molecule has 0 atom stereocenters. The summed E-state index contributed by atoms with van der Waals surface area (Å²) in [6.07, 6.45) is 0. The Morgan fingerprint density at radius 1 is 1.08 bits per heavy atom. The fourth-order valence-electron chi connectivity index (χ4n) is 2.31.